The van der Waals surface area contributed by atoms with Gasteiger partial charge >= 0.3 is 0 Å². The van der Waals surface area contributed by atoms with Gasteiger partial charge in [0.15, 0.2) is 0 Å². The Morgan fingerprint density at radius 1 is 1.38 bits per heavy atom. The maximum Gasteiger partial charge on any atom is 0.138 e. The van der Waals surface area contributed by atoms with Gasteiger partial charge in [0.1, 0.15) is 18.0 Å². The van der Waals surface area contributed by atoms with Gasteiger partial charge in [0.2, 0.25) is 0 Å². The molecule has 1 atom stereocenters. The fourth-order valence-electron chi connectivity index (χ4n) is 2.00. The number of hydrogen-bond donors (Lipinski definition) is 1. The molecule has 0 aliphatic carbocycles. The zero-order valence-corrected chi connectivity index (χ0v) is 13.2. The minimum atomic E-state index is -0.217. The second kappa shape index (κ2) is 7.56. The quantitative estimate of drug-likeness (QED) is 0.799. The lowest BCUT2D eigenvalue weighted by atomic mass is 10.2. The van der Waals surface area contributed by atoms with Crippen LogP contribution in [0, 0.1) is 11.7 Å². The first-order valence-electron chi connectivity index (χ1n) is 7.05. The molecule has 0 spiro atoms. The smallest absolute Gasteiger partial charge is 0.138 e. The number of nitrogens with zero attached hydrogens (tertiary/aromatic N) is 3. The topological polar surface area (TPSA) is 56.7 Å². The summed E-state index contributed by atoms with van der Waals surface area (Å²) >= 11 is 1.56. The third-order valence-electron chi connectivity index (χ3n) is 2.94. The fourth-order valence-corrected chi connectivity index (χ4v) is 2.89. The van der Waals surface area contributed by atoms with Crippen LogP contribution >= 0.6 is 11.8 Å². The summed E-state index contributed by atoms with van der Waals surface area (Å²) in [5.41, 5.74) is 6.15. The minimum Gasteiger partial charge on any atom is -0.327 e. The molecule has 0 aliphatic rings. The van der Waals surface area contributed by atoms with E-state index in [4.69, 9.17) is 5.73 Å². The number of hydrogen-bond acceptors (Lipinski definition) is 4. The predicted octanol–water partition coefficient (Wildman–Crippen LogP) is 2.74. The number of aromatic nitrogens is 3. The van der Waals surface area contributed by atoms with Crippen LogP contribution in [0.5, 0.6) is 0 Å². The zero-order chi connectivity index (χ0) is 15.2. The summed E-state index contributed by atoms with van der Waals surface area (Å²) in [6, 6.07) is 6.54. The molecule has 0 saturated carbocycles. The highest BCUT2D eigenvalue weighted by atomic mass is 32.2. The maximum absolute atomic E-state index is 13.1. The van der Waals surface area contributed by atoms with Crippen LogP contribution in [0.2, 0.25) is 0 Å². The SMILES string of the molecule is CC(C)Cn1ncnc1CC(N)CSc1cccc(F)c1. The Labute approximate surface area is 128 Å². The second-order valence-corrected chi connectivity index (χ2v) is 6.58. The van der Waals surface area contributed by atoms with E-state index in [1.807, 2.05) is 10.7 Å². The number of rotatable bonds is 7. The molecule has 1 aromatic heterocycles. The van der Waals surface area contributed by atoms with Crippen molar-refractivity contribution in [2.75, 3.05) is 5.75 Å². The summed E-state index contributed by atoms with van der Waals surface area (Å²) in [6.45, 7) is 5.13. The molecule has 2 rings (SSSR count). The molecule has 0 bridgehead atoms. The predicted molar refractivity (Wildman–Crippen MR) is 83.7 cm³/mol. The summed E-state index contributed by atoms with van der Waals surface area (Å²) in [4.78, 5) is 5.18. The molecule has 2 N–H and O–H groups in total. The first-order valence-corrected chi connectivity index (χ1v) is 8.03. The van der Waals surface area contributed by atoms with Gasteiger partial charge in [-0.05, 0) is 24.1 Å². The Bertz CT molecular complexity index is 570. The van der Waals surface area contributed by atoms with Crippen molar-refractivity contribution in [3.8, 4) is 0 Å². The molecule has 1 heterocycles. The molecule has 114 valence electrons. The van der Waals surface area contributed by atoms with Gasteiger partial charge in [0.05, 0.1) is 0 Å². The van der Waals surface area contributed by atoms with E-state index < -0.39 is 0 Å². The lowest BCUT2D eigenvalue weighted by Gasteiger charge is -2.13. The van der Waals surface area contributed by atoms with Crippen LogP contribution in [-0.4, -0.2) is 26.6 Å². The van der Waals surface area contributed by atoms with Gasteiger partial charge in [0, 0.05) is 29.7 Å². The lowest BCUT2D eigenvalue weighted by molar-refractivity contribution is 0.461. The first kappa shape index (κ1) is 16.0. The average molecular weight is 308 g/mol. The normalized spacial score (nSPS) is 12.8. The van der Waals surface area contributed by atoms with E-state index in [1.165, 1.54) is 12.1 Å². The van der Waals surface area contributed by atoms with Gasteiger partial charge in [-0.1, -0.05) is 19.9 Å². The number of nitrogens with two attached hydrogens (primary N) is 1. The van der Waals surface area contributed by atoms with Gasteiger partial charge in [-0.3, -0.25) is 0 Å². The van der Waals surface area contributed by atoms with Crippen molar-refractivity contribution in [1.29, 1.82) is 0 Å². The van der Waals surface area contributed by atoms with Crippen LogP contribution in [0.3, 0.4) is 0 Å². The summed E-state index contributed by atoms with van der Waals surface area (Å²) < 4.78 is 15.0. The average Bonchev–Trinajstić information content (AvgIpc) is 2.83. The van der Waals surface area contributed by atoms with Gasteiger partial charge in [-0.25, -0.2) is 14.1 Å². The van der Waals surface area contributed by atoms with Crippen LogP contribution in [0.25, 0.3) is 0 Å². The molecule has 2 aromatic rings. The van der Waals surface area contributed by atoms with E-state index in [9.17, 15) is 4.39 Å². The van der Waals surface area contributed by atoms with Gasteiger partial charge in [-0.15, -0.1) is 11.8 Å². The summed E-state index contributed by atoms with van der Waals surface area (Å²) in [5.74, 6) is 1.93. The summed E-state index contributed by atoms with van der Waals surface area (Å²) in [5, 5.41) is 4.23. The second-order valence-electron chi connectivity index (χ2n) is 5.48. The molecule has 6 heteroatoms. The third kappa shape index (κ3) is 5.13. The van der Waals surface area contributed by atoms with E-state index in [0.717, 1.165) is 23.0 Å². The largest absolute Gasteiger partial charge is 0.327 e. The van der Waals surface area contributed by atoms with E-state index >= 15 is 0 Å². The van der Waals surface area contributed by atoms with Crippen LogP contribution in [0.4, 0.5) is 4.39 Å². The van der Waals surface area contributed by atoms with Crippen molar-refractivity contribution in [1.82, 2.24) is 14.8 Å². The van der Waals surface area contributed by atoms with Gasteiger partial charge in [0.25, 0.3) is 0 Å². The molecule has 0 radical (unpaired) electrons. The van der Waals surface area contributed by atoms with E-state index in [-0.39, 0.29) is 11.9 Å². The molecule has 1 aromatic carbocycles. The Kier molecular flexibility index (Phi) is 5.76. The molecule has 21 heavy (non-hydrogen) atoms. The molecule has 4 nitrogen and oxygen atoms in total. The highest BCUT2D eigenvalue weighted by Crippen LogP contribution is 2.19. The summed E-state index contributed by atoms with van der Waals surface area (Å²) in [6.07, 6.45) is 2.25. The molecular weight excluding hydrogens is 287 g/mol. The third-order valence-corrected chi connectivity index (χ3v) is 4.12. The lowest BCUT2D eigenvalue weighted by Crippen LogP contribution is -2.27. The number of halogens is 1. The van der Waals surface area contributed by atoms with Crippen molar-refractivity contribution in [3.63, 3.8) is 0 Å². The first-order chi connectivity index (χ1) is 10.0. The molecule has 0 aliphatic heterocycles. The maximum atomic E-state index is 13.1. The highest BCUT2D eigenvalue weighted by molar-refractivity contribution is 7.99. The van der Waals surface area contributed by atoms with Crippen LogP contribution in [0.15, 0.2) is 35.5 Å². The van der Waals surface area contributed by atoms with Crippen LogP contribution < -0.4 is 5.73 Å². The minimum absolute atomic E-state index is 0.0339. The van der Waals surface area contributed by atoms with Crippen LogP contribution in [-0.2, 0) is 13.0 Å². The van der Waals surface area contributed by atoms with E-state index in [0.29, 0.717) is 12.3 Å². The highest BCUT2D eigenvalue weighted by Gasteiger charge is 2.11. The standard InChI is InChI=1S/C15H21FN4S/c1-11(2)8-20-15(18-10-19-20)7-13(17)9-21-14-5-3-4-12(16)6-14/h3-6,10-11,13H,7-9,17H2,1-2H3. The van der Waals surface area contributed by atoms with Crippen molar-refractivity contribution < 1.29 is 4.39 Å². The van der Waals surface area contributed by atoms with E-state index in [1.54, 1.807) is 24.2 Å². The number of thioether (sulfide) groups is 1. The fraction of sp³-hybridized carbons (Fsp3) is 0.467. The van der Waals surface area contributed by atoms with Crippen molar-refractivity contribution in [2.45, 2.75) is 37.8 Å². The number of benzene rings is 1. The molecular formula is C15H21FN4S. The Morgan fingerprint density at radius 2 is 2.19 bits per heavy atom. The summed E-state index contributed by atoms with van der Waals surface area (Å²) in [7, 11) is 0. The molecule has 1 unspecified atom stereocenters. The Balaban J connectivity index is 1.87. The zero-order valence-electron chi connectivity index (χ0n) is 12.4. The Hall–Kier alpha value is -1.40. The van der Waals surface area contributed by atoms with E-state index in [2.05, 4.69) is 23.9 Å². The van der Waals surface area contributed by atoms with Crippen molar-refractivity contribution in [3.05, 3.63) is 42.2 Å². The molecule has 0 saturated heterocycles. The molecule has 0 fully saturated rings. The van der Waals surface area contributed by atoms with Gasteiger partial charge in [-0.2, -0.15) is 5.10 Å². The van der Waals surface area contributed by atoms with Gasteiger partial charge < -0.3 is 5.73 Å². The van der Waals surface area contributed by atoms with Crippen LogP contribution in [0.1, 0.15) is 19.7 Å². The Morgan fingerprint density at radius 3 is 2.90 bits per heavy atom. The molecule has 0 amide bonds. The monoisotopic (exact) mass is 308 g/mol. The van der Waals surface area contributed by atoms with Crippen molar-refractivity contribution >= 4 is 11.8 Å². The van der Waals surface area contributed by atoms with Crippen molar-refractivity contribution in [2.24, 2.45) is 11.7 Å².